The number of hydrogen-bond acceptors (Lipinski definition) is 5. The fraction of sp³-hybridized carbons (Fsp3) is 0.263. The van der Waals surface area contributed by atoms with Crippen LogP contribution in [0.5, 0.6) is 0 Å². The Balaban J connectivity index is 1.64. The van der Waals surface area contributed by atoms with Crippen molar-refractivity contribution in [3.05, 3.63) is 63.6 Å². The van der Waals surface area contributed by atoms with Gasteiger partial charge in [0, 0.05) is 28.7 Å². The summed E-state index contributed by atoms with van der Waals surface area (Å²) in [6.45, 7) is 0.528. The second-order valence-electron chi connectivity index (χ2n) is 6.29. The molecule has 148 valence electrons. The summed E-state index contributed by atoms with van der Waals surface area (Å²) in [4.78, 5) is 24.4. The fourth-order valence-corrected chi connectivity index (χ4v) is 4.90. The predicted octanol–water partition coefficient (Wildman–Crippen LogP) is 3.82. The first kappa shape index (κ1) is 20.8. The Labute approximate surface area is 173 Å². The summed E-state index contributed by atoms with van der Waals surface area (Å²) in [6.07, 6.45) is 1.69. The number of benzene rings is 2. The molecular weight excluding hydrogens is 425 g/mol. The molecule has 1 aliphatic heterocycles. The number of halogens is 2. The highest BCUT2D eigenvalue weighted by atomic mass is 35.5. The van der Waals surface area contributed by atoms with Crippen LogP contribution in [-0.2, 0) is 14.8 Å². The van der Waals surface area contributed by atoms with Crippen molar-refractivity contribution in [3.8, 4) is 0 Å². The molecule has 0 radical (unpaired) electrons. The minimum Gasteiger partial charge on any atom is -0.454 e. The second-order valence-corrected chi connectivity index (χ2v) is 9.10. The lowest BCUT2D eigenvalue weighted by molar-refractivity contribution is 0.0475. The van der Waals surface area contributed by atoms with Gasteiger partial charge in [0.25, 0.3) is 0 Å². The Kier molecular flexibility index (Phi) is 6.40. The van der Waals surface area contributed by atoms with Crippen molar-refractivity contribution in [1.29, 1.82) is 0 Å². The van der Waals surface area contributed by atoms with Gasteiger partial charge in [-0.1, -0.05) is 23.2 Å². The third-order valence-corrected chi connectivity index (χ3v) is 6.66. The summed E-state index contributed by atoms with van der Waals surface area (Å²) in [5.41, 5.74) is 0.384. The molecule has 9 heteroatoms. The van der Waals surface area contributed by atoms with E-state index in [0.29, 0.717) is 13.1 Å². The highest BCUT2D eigenvalue weighted by Gasteiger charge is 2.27. The minimum absolute atomic E-state index is 0.136. The van der Waals surface area contributed by atoms with E-state index in [1.54, 1.807) is 0 Å². The first-order valence-corrected chi connectivity index (χ1v) is 10.7. The Morgan fingerprint density at radius 3 is 2.07 bits per heavy atom. The van der Waals surface area contributed by atoms with E-state index < -0.39 is 28.4 Å². The highest BCUT2D eigenvalue weighted by molar-refractivity contribution is 7.89. The van der Waals surface area contributed by atoms with Crippen molar-refractivity contribution in [2.75, 3.05) is 19.7 Å². The van der Waals surface area contributed by atoms with Crippen LogP contribution in [0.15, 0.2) is 47.4 Å². The minimum atomic E-state index is -3.54. The molecule has 6 nitrogen and oxygen atoms in total. The quantitative estimate of drug-likeness (QED) is 0.502. The molecule has 3 rings (SSSR count). The van der Waals surface area contributed by atoms with Crippen LogP contribution in [0.4, 0.5) is 0 Å². The zero-order valence-electron chi connectivity index (χ0n) is 14.7. The molecule has 0 amide bonds. The van der Waals surface area contributed by atoms with Crippen LogP contribution < -0.4 is 0 Å². The predicted molar refractivity (Wildman–Crippen MR) is 106 cm³/mol. The zero-order valence-corrected chi connectivity index (χ0v) is 17.1. The van der Waals surface area contributed by atoms with Gasteiger partial charge < -0.3 is 4.74 Å². The Morgan fingerprint density at radius 1 is 0.929 bits per heavy atom. The van der Waals surface area contributed by atoms with Crippen molar-refractivity contribution >= 4 is 45.0 Å². The van der Waals surface area contributed by atoms with Crippen LogP contribution in [0.1, 0.15) is 33.6 Å². The van der Waals surface area contributed by atoms with E-state index in [2.05, 4.69) is 0 Å². The molecule has 0 N–H and O–H groups in total. The monoisotopic (exact) mass is 441 g/mol. The smallest absolute Gasteiger partial charge is 0.338 e. The third kappa shape index (κ3) is 4.72. The summed E-state index contributed by atoms with van der Waals surface area (Å²) in [5, 5.41) is 0.557. The van der Waals surface area contributed by atoms with E-state index in [9.17, 15) is 18.0 Å². The van der Waals surface area contributed by atoms with Gasteiger partial charge in [0.1, 0.15) is 0 Å². The number of esters is 1. The largest absolute Gasteiger partial charge is 0.454 e. The SMILES string of the molecule is O=C(COC(=O)c1cc(Cl)cc(Cl)c1)c1ccc(S(=O)(=O)N2CCCC2)cc1. The number of ketones is 1. The lowest BCUT2D eigenvalue weighted by atomic mass is 10.1. The molecule has 0 bridgehead atoms. The molecule has 2 aromatic carbocycles. The van der Waals surface area contributed by atoms with Crippen molar-refractivity contribution in [3.63, 3.8) is 0 Å². The fourth-order valence-electron chi connectivity index (χ4n) is 2.86. The molecule has 28 heavy (non-hydrogen) atoms. The molecule has 2 aromatic rings. The van der Waals surface area contributed by atoms with Crippen LogP contribution in [-0.4, -0.2) is 44.2 Å². The summed E-state index contributed by atoms with van der Waals surface area (Å²) in [7, 11) is -3.54. The van der Waals surface area contributed by atoms with E-state index in [0.717, 1.165) is 12.8 Å². The van der Waals surface area contributed by atoms with E-state index in [1.165, 1.54) is 46.8 Å². The van der Waals surface area contributed by atoms with Gasteiger partial charge in [-0.2, -0.15) is 4.31 Å². The first-order valence-electron chi connectivity index (χ1n) is 8.54. The summed E-state index contributed by atoms with van der Waals surface area (Å²) in [5.74, 6) is -1.18. The number of carbonyl (C=O) groups is 2. The van der Waals surface area contributed by atoms with Crippen LogP contribution in [0.2, 0.25) is 10.0 Å². The van der Waals surface area contributed by atoms with Gasteiger partial charge in [0.2, 0.25) is 10.0 Å². The zero-order chi connectivity index (χ0) is 20.3. The van der Waals surface area contributed by atoms with Gasteiger partial charge in [-0.15, -0.1) is 0 Å². The maximum atomic E-state index is 12.5. The molecule has 0 atom stereocenters. The Hall–Kier alpha value is -1.93. The lowest BCUT2D eigenvalue weighted by Crippen LogP contribution is -2.27. The third-order valence-electron chi connectivity index (χ3n) is 4.31. The van der Waals surface area contributed by atoms with E-state index in [4.69, 9.17) is 27.9 Å². The first-order chi connectivity index (χ1) is 13.3. The van der Waals surface area contributed by atoms with Gasteiger partial charge in [0.05, 0.1) is 10.5 Å². The average molecular weight is 442 g/mol. The summed E-state index contributed by atoms with van der Waals surface area (Å²) < 4.78 is 31.4. The van der Waals surface area contributed by atoms with Crippen molar-refractivity contribution in [2.45, 2.75) is 17.7 Å². The maximum Gasteiger partial charge on any atom is 0.338 e. The normalized spacial score (nSPS) is 14.8. The molecule has 0 aliphatic carbocycles. The van der Waals surface area contributed by atoms with E-state index >= 15 is 0 Å². The van der Waals surface area contributed by atoms with Crippen molar-refractivity contribution < 1.29 is 22.7 Å². The lowest BCUT2D eigenvalue weighted by Gasteiger charge is -2.15. The van der Waals surface area contributed by atoms with E-state index in [1.807, 2.05) is 0 Å². The van der Waals surface area contributed by atoms with Crippen LogP contribution in [0.3, 0.4) is 0 Å². The molecular formula is C19H17Cl2NO5S. The average Bonchev–Trinajstić information content (AvgIpc) is 3.21. The number of carbonyl (C=O) groups excluding carboxylic acids is 2. The molecule has 0 saturated carbocycles. The van der Waals surface area contributed by atoms with Crippen LogP contribution in [0.25, 0.3) is 0 Å². The number of Topliss-reactive ketones (excluding diaryl/α,β-unsaturated/α-hetero) is 1. The molecule has 0 aromatic heterocycles. The number of rotatable bonds is 6. The van der Waals surface area contributed by atoms with Crippen molar-refractivity contribution in [1.82, 2.24) is 4.31 Å². The Bertz CT molecular complexity index is 979. The molecule has 1 saturated heterocycles. The number of nitrogens with zero attached hydrogens (tertiary/aromatic N) is 1. The van der Waals surface area contributed by atoms with Gasteiger partial charge in [0.15, 0.2) is 12.4 Å². The van der Waals surface area contributed by atoms with Crippen molar-refractivity contribution in [2.24, 2.45) is 0 Å². The van der Waals surface area contributed by atoms with Gasteiger partial charge in [-0.25, -0.2) is 13.2 Å². The van der Waals surface area contributed by atoms with Crippen LogP contribution in [0, 0.1) is 0 Å². The number of sulfonamides is 1. The number of ether oxygens (including phenoxy) is 1. The standard InChI is InChI=1S/C19H17Cl2NO5S/c20-15-9-14(10-16(21)11-15)19(24)27-12-18(23)13-3-5-17(6-4-13)28(25,26)22-7-1-2-8-22/h3-6,9-11H,1-2,7-8,12H2. The summed E-state index contributed by atoms with van der Waals surface area (Å²) >= 11 is 11.7. The molecule has 0 spiro atoms. The van der Waals surface area contributed by atoms with Gasteiger partial charge >= 0.3 is 5.97 Å². The molecule has 1 fully saturated rings. The van der Waals surface area contributed by atoms with E-state index in [-0.39, 0.29) is 26.1 Å². The molecule has 1 aliphatic rings. The summed E-state index contributed by atoms with van der Waals surface area (Å²) in [6, 6.07) is 9.85. The number of hydrogen-bond donors (Lipinski definition) is 0. The van der Waals surface area contributed by atoms with Crippen LogP contribution >= 0.6 is 23.2 Å². The second kappa shape index (κ2) is 8.61. The highest BCUT2D eigenvalue weighted by Crippen LogP contribution is 2.22. The topological polar surface area (TPSA) is 80.8 Å². The molecule has 0 unspecified atom stereocenters. The molecule has 1 heterocycles. The van der Waals surface area contributed by atoms with Gasteiger partial charge in [-0.3, -0.25) is 4.79 Å². The maximum absolute atomic E-state index is 12.5. The Morgan fingerprint density at radius 2 is 1.50 bits per heavy atom. The van der Waals surface area contributed by atoms with Gasteiger partial charge in [-0.05, 0) is 55.3 Å².